The lowest BCUT2D eigenvalue weighted by Crippen LogP contribution is -2.29. The van der Waals surface area contributed by atoms with E-state index < -0.39 is 23.6 Å². The molecule has 0 radical (unpaired) electrons. The quantitative estimate of drug-likeness (QED) is 0.371. The number of benzene rings is 4. The number of rotatable bonds is 4. The van der Waals surface area contributed by atoms with Gasteiger partial charge in [0, 0.05) is 0 Å². The van der Waals surface area contributed by atoms with Gasteiger partial charge in [-0.15, -0.1) is 0 Å². The number of nitrogens with zero attached hydrogens (tertiary/aromatic N) is 2. The molecule has 36 heavy (non-hydrogen) atoms. The monoisotopic (exact) mass is 474 g/mol. The van der Waals surface area contributed by atoms with E-state index in [0.29, 0.717) is 34.0 Å². The highest BCUT2D eigenvalue weighted by atomic mass is 16.5. The number of hydrogen-bond donors (Lipinski definition) is 0. The first kappa shape index (κ1) is 21.5. The lowest BCUT2D eigenvalue weighted by molar-refractivity contribution is 0.0910. The molecule has 0 unspecified atom stereocenters. The van der Waals surface area contributed by atoms with Crippen molar-refractivity contribution in [2.75, 3.05) is 9.80 Å². The van der Waals surface area contributed by atoms with E-state index in [1.807, 2.05) is 19.1 Å². The molecule has 4 aromatic carbocycles. The van der Waals surface area contributed by atoms with E-state index in [1.54, 1.807) is 66.7 Å². The molecule has 0 aliphatic carbocycles. The number of ether oxygens (including phenoxy) is 1. The Kier molecular flexibility index (Phi) is 4.79. The molecule has 6 rings (SSSR count). The summed E-state index contributed by atoms with van der Waals surface area (Å²) in [5.41, 5.74) is 2.99. The second kappa shape index (κ2) is 8.02. The molecule has 0 spiro atoms. The fourth-order valence-corrected chi connectivity index (χ4v) is 4.52. The Balaban J connectivity index is 1.28. The van der Waals surface area contributed by atoms with Crippen LogP contribution in [0.25, 0.3) is 0 Å². The van der Waals surface area contributed by atoms with Crippen LogP contribution in [0, 0.1) is 6.92 Å². The molecule has 0 fully saturated rings. The molecule has 0 atom stereocenters. The highest BCUT2D eigenvalue weighted by Crippen LogP contribution is 2.35. The second-order valence-electron chi connectivity index (χ2n) is 8.58. The van der Waals surface area contributed by atoms with Crippen molar-refractivity contribution in [2.45, 2.75) is 6.92 Å². The van der Waals surface area contributed by atoms with Gasteiger partial charge < -0.3 is 4.74 Å². The first-order valence-electron chi connectivity index (χ1n) is 11.3. The predicted octanol–water partition coefficient (Wildman–Crippen LogP) is 5.39. The van der Waals surface area contributed by atoms with Gasteiger partial charge in [0.2, 0.25) is 0 Å². The zero-order valence-electron chi connectivity index (χ0n) is 19.1. The summed E-state index contributed by atoms with van der Waals surface area (Å²) < 4.78 is 5.93. The molecule has 174 valence electrons. The molecule has 7 nitrogen and oxygen atoms in total. The van der Waals surface area contributed by atoms with Crippen LogP contribution in [0.4, 0.5) is 11.4 Å². The van der Waals surface area contributed by atoms with E-state index in [0.717, 1.165) is 15.4 Å². The Hall–Kier alpha value is -5.04. The SMILES string of the molecule is Cc1cccc(N2C(=O)c3ccc(Oc4ccc5c(c4)C(=O)N(c4ccccc4)C5=O)cc3C2=O)c1. The van der Waals surface area contributed by atoms with Gasteiger partial charge in [-0.2, -0.15) is 0 Å². The van der Waals surface area contributed by atoms with Gasteiger partial charge >= 0.3 is 0 Å². The number of aryl methyl sites for hydroxylation is 1. The van der Waals surface area contributed by atoms with E-state index >= 15 is 0 Å². The molecule has 4 aromatic rings. The number of imide groups is 2. The Morgan fingerprint density at radius 2 is 1.00 bits per heavy atom. The molecule has 0 N–H and O–H groups in total. The zero-order chi connectivity index (χ0) is 25.0. The topological polar surface area (TPSA) is 84.0 Å². The van der Waals surface area contributed by atoms with E-state index in [9.17, 15) is 19.2 Å². The third-order valence-corrected chi connectivity index (χ3v) is 6.23. The van der Waals surface area contributed by atoms with E-state index in [-0.39, 0.29) is 11.1 Å². The number of carbonyl (C=O) groups excluding carboxylic acids is 4. The number of fused-ring (bicyclic) bond motifs is 2. The zero-order valence-corrected chi connectivity index (χ0v) is 19.1. The fourth-order valence-electron chi connectivity index (χ4n) is 4.52. The molecule has 0 bridgehead atoms. The Labute approximate surface area is 206 Å². The molecule has 4 amide bonds. The standard InChI is InChI=1S/C29H18N2O5/c1-17-6-5-9-19(14-17)31-27(33)23-13-11-21(16-25(23)29(31)35)36-20-10-12-22-24(15-20)28(34)30(26(22)32)18-7-3-2-4-8-18/h2-16H,1H3. The summed E-state index contributed by atoms with van der Waals surface area (Å²) in [5.74, 6) is -0.996. The van der Waals surface area contributed by atoms with Gasteiger partial charge in [0.15, 0.2) is 0 Å². The average molecular weight is 474 g/mol. The summed E-state index contributed by atoms with van der Waals surface area (Å²) in [6.45, 7) is 1.89. The highest BCUT2D eigenvalue weighted by molar-refractivity contribution is 6.35. The largest absolute Gasteiger partial charge is 0.457 e. The van der Waals surface area contributed by atoms with Crippen LogP contribution in [-0.4, -0.2) is 23.6 Å². The summed E-state index contributed by atoms with van der Waals surface area (Å²) in [5, 5.41) is 0. The molecule has 0 saturated heterocycles. The van der Waals surface area contributed by atoms with Crippen molar-refractivity contribution in [3.8, 4) is 11.5 Å². The maximum Gasteiger partial charge on any atom is 0.266 e. The normalized spacial score (nSPS) is 14.4. The molecule has 2 aliphatic rings. The maximum absolute atomic E-state index is 13.1. The van der Waals surface area contributed by atoms with Crippen LogP contribution in [-0.2, 0) is 0 Å². The maximum atomic E-state index is 13.1. The van der Waals surface area contributed by atoms with Crippen molar-refractivity contribution in [3.05, 3.63) is 119 Å². The number of anilines is 2. The second-order valence-corrected chi connectivity index (χ2v) is 8.58. The van der Waals surface area contributed by atoms with Crippen molar-refractivity contribution < 1.29 is 23.9 Å². The minimum absolute atomic E-state index is 0.236. The van der Waals surface area contributed by atoms with Crippen LogP contribution >= 0.6 is 0 Å². The number of carbonyl (C=O) groups is 4. The Bertz CT molecular complexity index is 1610. The van der Waals surface area contributed by atoms with Crippen LogP contribution in [0.2, 0.25) is 0 Å². The minimum Gasteiger partial charge on any atom is -0.457 e. The lowest BCUT2D eigenvalue weighted by Gasteiger charge is -2.14. The average Bonchev–Trinajstić information content (AvgIpc) is 3.28. The predicted molar refractivity (Wildman–Crippen MR) is 133 cm³/mol. The van der Waals surface area contributed by atoms with Crippen molar-refractivity contribution >= 4 is 35.0 Å². The summed E-state index contributed by atoms with van der Waals surface area (Å²) in [6, 6.07) is 25.2. The summed E-state index contributed by atoms with van der Waals surface area (Å²) in [6.07, 6.45) is 0. The van der Waals surface area contributed by atoms with Crippen molar-refractivity contribution in [3.63, 3.8) is 0 Å². The summed E-state index contributed by atoms with van der Waals surface area (Å²) >= 11 is 0. The number of para-hydroxylation sites is 1. The van der Waals surface area contributed by atoms with Crippen LogP contribution in [0.3, 0.4) is 0 Å². The Morgan fingerprint density at radius 1 is 0.500 bits per heavy atom. The summed E-state index contributed by atoms with van der Waals surface area (Å²) in [4.78, 5) is 54.1. The highest BCUT2D eigenvalue weighted by Gasteiger charge is 2.38. The number of amides is 4. The molecule has 0 aromatic heterocycles. The number of hydrogen-bond acceptors (Lipinski definition) is 5. The van der Waals surface area contributed by atoms with Crippen LogP contribution < -0.4 is 14.5 Å². The summed E-state index contributed by atoms with van der Waals surface area (Å²) in [7, 11) is 0. The first-order valence-corrected chi connectivity index (χ1v) is 11.3. The van der Waals surface area contributed by atoms with Gasteiger partial charge in [0.05, 0.1) is 33.6 Å². The van der Waals surface area contributed by atoms with Gasteiger partial charge in [0.1, 0.15) is 11.5 Å². The first-order chi connectivity index (χ1) is 17.4. The lowest BCUT2D eigenvalue weighted by atomic mass is 10.1. The van der Waals surface area contributed by atoms with Crippen LogP contribution in [0.15, 0.2) is 91.0 Å². The molecular weight excluding hydrogens is 456 g/mol. The van der Waals surface area contributed by atoms with Crippen molar-refractivity contribution in [1.29, 1.82) is 0 Å². The third kappa shape index (κ3) is 3.29. The molecule has 2 aliphatic heterocycles. The van der Waals surface area contributed by atoms with Crippen LogP contribution in [0.5, 0.6) is 11.5 Å². The smallest absolute Gasteiger partial charge is 0.266 e. The van der Waals surface area contributed by atoms with Gasteiger partial charge in [-0.1, -0.05) is 30.3 Å². The van der Waals surface area contributed by atoms with E-state index in [2.05, 4.69) is 0 Å². The fraction of sp³-hybridized carbons (Fsp3) is 0.0345. The third-order valence-electron chi connectivity index (χ3n) is 6.23. The minimum atomic E-state index is -0.435. The Morgan fingerprint density at radius 3 is 1.56 bits per heavy atom. The molecular formula is C29H18N2O5. The van der Waals surface area contributed by atoms with Gasteiger partial charge in [0.25, 0.3) is 23.6 Å². The van der Waals surface area contributed by atoms with E-state index in [4.69, 9.17) is 4.74 Å². The van der Waals surface area contributed by atoms with Crippen molar-refractivity contribution in [1.82, 2.24) is 0 Å². The molecule has 7 heteroatoms. The van der Waals surface area contributed by atoms with Crippen LogP contribution in [0.1, 0.15) is 47.0 Å². The van der Waals surface area contributed by atoms with Gasteiger partial charge in [-0.05, 0) is 73.2 Å². The van der Waals surface area contributed by atoms with E-state index in [1.165, 1.54) is 12.1 Å². The van der Waals surface area contributed by atoms with Gasteiger partial charge in [-0.25, -0.2) is 9.80 Å². The molecule has 2 heterocycles. The molecule has 0 saturated carbocycles. The van der Waals surface area contributed by atoms with Gasteiger partial charge in [-0.3, -0.25) is 19.2 Å². The van der Waals surface area contributed by atoms with Crippen molar-refractivity contribution in [2.24, 2.45) is 0 Å².